The van der Waals surface area contributed by atoms with Crippen LogP contribution in [0.3, 0.4) is 0 Å². The first-order valence-electron chi connectivity index (χ1n) is 13.0. The van der Waals surface area contributed by atoms with Crippen LogP contribution in [0.5, 0.6) is 0 Å². The first-order chi connectivity index (χ1) is 23.2. The van der Waals surface area contributed by atoms with Crippen LogP contribution in [0.4, 0.5) is 0 Å². The molecule has 0 radical (unpaired) electrons. The molecule has 0 aromatic carbocycles. The van der Waals surface area contributed by atoms with Gasteiger partial charge in [0.2, 0.25) is 0 Å². The van der Waals surface area contributed by atoms with Crippen molar-refractivity contribution >= 4 is 11.5 Å². The van der Waals surface area contributed by atoms with E-state index in [1.807, 2.05) is 0 Å². The quantitative estimate of drug-likeness (QED) is 0.0862. The summed E-state index contributed by atoms with van der Waals surface area (Å²) in [5, 5.41) is 142. The maximum absolute atomic E-state index is 12.8. The van der Waals surface area contributed by atoms with E-state index in [1.54, 1.807) is 0 Å². The van der Waals surface area contributed by atoms with Crippen LogP contribution in [0, 0.1) is 11.8 Å². The molecule has 3 aliphatic rings. The number of rotatable bonds is 11. The number of carbonyl (C=O) groups excluding carboxylic acids is 1. The fourth-order valence-electron chi connectivity index (χ4n) is 4.65. The third-order valence-electron chi connectivity index (χ3n) is 7.01. The summed E-state index contributed by atoms with van der Waals surface area (Å²) in [7, 11) is 0. The van der Waals surface area contributed by atoms with Crippen molar-refractivity contribution in [2.24, 2.45) is 16.8 Å². The smallest absolute Gasteiger partial charge is 0.182 e. The highest BCUT2D eigenvalue weighted by Gasteiger charge is 2.44. The highest BCUT2D eigenvalue weighted by molar-refractivity contribution is 6.04. The van der Waals surface area contributed by atoms with Gasteiger partial charge in [0.1, 0.15) is 31.0 Å². The molecule has 2 aliphatic heterocycles. The van der Waals surface area contributed by atoms with E-state index in [-0.39, 0.29) is 64.3 Å². The Labute approximate surface area is 276 Å². The Morgan fingerprint density at radius 3 is 1.94 bits per heavy atom. The van der Waals surface area contributed by atoms with Crippen LogP contribution >= 0.6 is 0 Å². The molecule has 8 unspecified atom stereocenters. The summed E-state index contributed by atoms with van der Waals surface area (Å²) >= 11 is 0. The topological polar surface area (TPSA) is 452 Å². The van der Waals surface area contributed by atoms with Crippen molar-refractivity contribution in [3.05, 3.63) is 23.7 Å². The molecule has 1 aromatic rings. The number of nitrogens with zero attached hydrogens (tertiary/aromatic N) is 4. The Kier molecular flexibility index (Phi) is 35.4. The number of hydrogen-bond acceptors (Lipinski definition) is 25. The lowest BCUT2D eigenvalue weighted by Gasteiger charge is -2.40. The van der Waals surface area contributed by atoms with E-state index in [4.69, 9.17) is 72.6 Å². The average molecular weight is 733 g/mol. The minimum atomic E-state index is -1.46. The molecule has 4 rings (SSSR count). The zero-order valence-electron chi connectivity index (χ0n) is 24.9. The number of aliphatic hydroxyl groups is 6. The Hall–Kier alpha value is -2.62. The SMILES string of the molecule is C.O=C(Cn1nncc1COCC1C(O)CC1CO)C1=CN=C(CC2OC(CO)C(O)C(O)C2O)C1.OO.OO.OO.OO.OO.OOO. The van der Waals surface area contributed by atoms with Crippen LogP contribution < -0.4 is 0 Å². The summed E-state index contributed by atoms with van der Waals surface area (Å²) in [6.45, 7) is -0.137. The van der Waals surface area contributed by atoms with Crippen LogP contribution in [0.15, 0.2) is 23.0 Å². The van der Waals surface area contributed by atoms with Gasteiger partial charge in [-0.1, -0.05) is 17.7 Å². The van der Waals surface area contributed by atoms with Gasteiger partial charge in [0.15, 0.2) is 5.78 Å². The van der Waals surface area contributed by atoms with E-state index in [0.717, 1.165) is 0 Å². The normalized spacial score (nSPS) is 25.9. The van der Waals surface area contributed by atoms with Crippen LogP contribution in [-0.2, 0) is 32.5 Å². The lowest BCUT2D eigenvalue weighted by Crippen LogP contribution is -2.58. The van der Waals surface area contributed by atoms with Crippen molar-refractivity contribution in [2.45, 2.75) is 76.5 Å². The number of aliphatic imine (C=N–C) groups is 1. The van der Waals surface area contributed by atoms with Crippen molar-refractivity contribution in [1.29, 1.82) is 0 Å². The monoisotopic (exact) mass is 732 g/mol. The summed E-state index contributed by atoms with van der Waals surface area (Å²) < 4.78 is 12.6. The second kappa shape index (κ2) is 32.6. The Morgan fingerprint density at radius 1 is 0.878 bits per heavy atom. The zero-order valence-corrected chi connectivity index (χ0v) is 24.9. The van der Waals surface area contributed by atoms with Crippen molar-refractivity contribution < 1.29 is 113 Å². The lowest BCUT2D eigenvalue weighted by molar-refractivity contribution is -0.465. The molecule has 3 heterocycles. The summed E-state index contributed by atoms with van der Waals surface area (Å²) in [6.07, 6.45) is -2.75. The molecule has 18 N–H and O–H groups in total. The number of aromatic nitrogens is 3. The highest BCUT2D eigenvalue weighted by atomic mass is 17.4. The molecular formula is C23H48N4O22. The number of ether oxygens (including phenoxy) is 2. The summed E-state index contributed by atoms with van der Waals surface area (Å²) in [5.74, 6) is -0.311. The van der Waals surface area contributed by atoms with Crippen molar-refractivity contribution in [2.75, 3.05) is 19.8 Å². The van der Waals surface area contributed by atoms with Gasteiger partial charge in [0.25, 0.3) is 0 Å². The second-order valence-electron chi connectivity index (χ2n) is 9.41. The molecule has 1 saturated carbocycles. The van der Waals surface area contributed by atoms with Crippen LogP contribution in [0.1, 0.15) is 32.4 Å². The number of Topliss-reactive ketones (excluding diaryl/α,β-unsaturated/α-hetero) is 1. The van der Waals surface area contributed by atoms with Gasteiger partial charge in [-0.25, -0.2) is 15.2 Å². The molecule has 26 nitrogen and oxygen atoms in total. The number of ketones is 1. The van der Waals surface area contributed by atoms with Gasteiger partial charge >= 0.3 is 0 Å². The zero-order chi connectivity index (χ0) is 37.8. The maximum Gasteiger partial charge on any atom is 0.182 e. The Bertz CT molecular complexity index is 985. The minimum Gasteiger partial charge on any atom is -0.396 e. The Morgan fingerprint density at radius 2 is 1.43 bits per heavy atom. The average Bonchev–Trinajstić information content (AvgIpc) is 3.80. The molecule has 292 valence electrons. The van der Waals surface area contributed by atoms with Crippen molar-refractivity contribution in [3.8, 4) is 0 Å². The lowest BCUT2D eigenvalue weighted by atomic mass is 9.72. The van der Waals surface area contributed by atoms with Crippen LogP contribution in [0.2, 0.25) is 0 Å². The first-order valence-corrected chi connectivity index (χ1v) is 13.0. The van der Waals surface area contributed by atoms with Gasteiger partial charge in [-0.3, -0.25) is 62.4 Å². The van der Waals surface area contributed by atoms with E-state index in [2.05, 4.69) is 20.3 Å². The molecule has 1 aromatic heterocycles. The van der Waals surface area contributed by atoms with Gasteiger partial charge in [0.05, 0.1) is 43.9 Å². The molecule has 49 heavy (non-hydrogen) atoms. The van der Waals surface area contributed by atoms with Crippen molar-refractivity contribution in [1.82, 2.24) is 15.0 Å². The summed E-state index contributed by atoms with van der Waals surface area (Å²) in [4.78, 5) is 17.0. The third-order valence-corrected chi connectivity index (χ3v) is 7.01. The largest absolute Gasteiger partial charge is 0.396 e. The molecule has 2 fully saturated rings. The summed E-state index contributed by atoms with van der Waals surface area (Å²) in [5.41, 5.74) is 1.60. The van der Waals surface area contributed by atoms with E-state index in [9.17, 15) is 35.4 Å². The highest BCUT2D eigenvalue weighted by Crippen LogP contribution is 2.34. The summed E-state index contributed by atoms with van der Waals surface area (Å²) in [6, 6.07) is 0. The fraction of sp³-hybridized carbons (Fsp3) is 0.739. The first kappa shape index (κ1) is 53.2. The molecule has 26 heteroatoms. The number of carbonyl (C=O) groups is 1. The predicted octanol–water partition coefficient (Wildman–Crippen LogP) is -2.01. The molecule has 1 aliphatic carbocycles. The van der Waals surface area contributed by atoms with Gasteiger partial charge < -0.3 is 40.1 Å². The molecule has 8 atom stereocenters. The fourth-order valence-corrected chi connectivity index (χ4v) is 4.65. The second-order valence-corrected chi connectivity index (χ2v) is 9.41. The third kappa shape index (κ3) is 17.2. The van der Waals surface area contributed by atoms with Crippen LogP contribution in [0.25, 0.3) is 0 Å². The molecule has 0 bridgehead atoms. The number of allylic oxidation sites excluding steroid dienone is 1. The van der Waals surface area contributed by atoms with E-state index in [1.165, 1.54) is 17.1 Å². The van der Waals surface area contributed by atoms with Crippen LogP contribution in [-0.4, -0.2) is 177 Å². The maximum atomic E-state index is 12.8. The standard InChI is InChI=1S/C22H32N4O9.CH4.H2O3.5H2O2/c27-7-12-2-16(29)15(12)10-34-9-14-5-24-25-26(14)6-17(30)11-1-13(23-4-11)3-18-20(31)22(33)21(32)19(8-28)35-18;;1-3-2;5*1-2/h4-5,12,15-16,18-22,27-29,31-33H,1-3,6-10H2;1H4;1-2H;5*1-2H. The van der Waals surface area contributed by atoms with E-state index < -0.39 is 43.2 Å². The van der Waals surface area contributed by atoms with Gasteiger partial charge in [-0.2, -0.15) is 0 Å². The van der Waals surface area contributed by atoms with E-state index >= 15 is 0 Å². The molecular weight excluding hydrogens is 684 g/mol. The van der Waals surface area contributed by atoms with E-state index in [0.29, 0.717) is 23.4 Å². The molecule has 1 saturated heterocycles. The molecule has 0 spiro atoms. The Balaban J connectivity index is -0.000000644. The minimum absolute atomic E-state index is 0. The van der Waals surface area contributed by atoms with Gasteiger partial charge in [-0.05, 0) is 12.3 Å². The van der Waals surface area contributed by atoms with Gasteiger partial charge in [0, 0.05) is 42.9 Å². The number of aliphatic hydroxyl groups excluding tert-OH is 6. The van der Waals surface area contributed by atoms with Gasteiger partial charge in [-0.15, -0.1) is 5.10 Å². The van der Waals surface area contributed by atoms with Crippen molar-refractivity contribution in [3.63, 3.8) is 0 Å². The number of hydrogen-bond donors (Lipinski definition) is 18. The predicted molar refractivity (Wildman–Crippen MR) is 157 cm³/mol. The molecule has 0 amide bonds.